The Morgan fingerprint density at radius 2 is 1.73 bits per heavy atom. The molecule has 1 amide bonds. The first kappa shape index (κ1) is 19.6. The van der Waals surface area contributed by atoms with Crippen molar-refractivity contribution in [2.24, 2.45) is 5.92 Å². The van der Waals surface area contributed by atoms with Gasteiger partial charge in [0, 0.05) is 12.1 Å². The first-order chi connectivity index (χ1) is 12.5. The molecule has 1 N–H and O–H groups in total. The third-order valence-electron chi connectivity index (χ3n) is 3.87. The normalized spacial score (nSPS) is 10.5. The third-order valence-corrected chi connectivity index (χ3v) is 3.87. The van der Waals surface area contributed by atoms with Crippen LogP contribution in [-0.2, 0) is 6.42 Å². The smallest absolute Gasteiger partial charge is 0.251 e. The Bertz CT molecular complexity index is 728. The summed E-state index contributed by atoms with van der Waals surface area (Å²) in [7, 11) is 3.22. The lowest BCUT2D eigenvalue weighted by atomic mass is 10.1. The molecule has 2 aromatic carbocycles. The summed E-state index contributed by atoms with van der Waals surface area (Å²) in [6.45, 7) is 5.28. The van der Waals surface area contributed by atoms with Gasteiger partial charge in [-0.15, -0.1) is 0 Å². The van der Waals surface area contributed by atoms with Crippen molar-refractivity contribution < 1.29 is 19.0 Å². The van der Waals surface area contributed by atoms with Gasteiger partial charge >= 0.3 is 0 Å². The number of methoxy groups -OCH3 is 2. The zero-order valence-corrected chi connectivity index (χ0v) is 15.9. The van der Waals surface area contributed by atoms with Crippen LogP contribution in [0.4, 0.5) is 0 Å². The maximum absolute atomic E-state index is 12.4. The van der Waals surface area contributed by atoms with E-state index in [2.05, 4.69) is 19.2 Å². The molecular weight excluding hydrogens is 330 g/mol. The Hall–Kier alpha value is -2.69. The highest BCUT2D eigenvalue weighted by Crippen LogP contribution is 2.28. The van der Waals surface area contributed by atoms with E-state index in [4.69, 9.17) is 14.2 Å². The molecule has 0 fully saturated rings. The summed E-state index contributed by atoms with van der Waals surface area (Å²) < 4.78 is 16.4. The second-order valence-corrected chi connectivity index (χ2v) is 6.39. The first-order valence-electron chi connectivity index (χ1n) is 8.76. The lowest BCUT2D eigenvalue weighted by molar-refractivity contribution is 0.0953. The summed E-state index contributed by atoms with van der Waals surface area (Å²) in [6.07, 6.45) is 0.697. The van der Waals surface area contributed by atoms with Crippen LogP contribution in [0.5, 0.6) is 17.2 Å². The fourth-order valence-electron chi connectivity index (χ4n) is 2.51. The fourth-order valence-corrected chi connectivity index (χ4v) is 2.51. The minimum Gasteiger partial charge on any atom is -0.496 e. The number of benzene rings is 2. The largest absolute Gasteiger partial charge is 0.496 e. The first-order valence-corrected chi connectivity index (χ1v) is 8.76. The van der Waals surface area contributed by atoms with Crippen molar-refractivity contribution in [3.63, 3.8) is 0 Å². The summed E-state index contributed by atoms with van der Waals surface area (Å²) in [5.41, 5.74) is 1.60. The lowest BCUT2D eigenvalue weighted by Crippen LogP contribution is -2.25. The standard InChI is InChI=1S/C21H27NO4/c1-15(2)14-26-19-10-9-17(13-20(19)25-4)21(23)22-12-11-16-7-5-6-8-18(16)24-3/h5-10,13,15H,11-12,14H2,1-4H3,(H,22,23). The van der Waals surface area contributed by atoms with Crippen LogP contribution in [0, 0.1) is 5.92 Å². The van der Waals surface area contributed by atoms with Crippen LogP contribution >= 0.6 is 0 Å². The molecule has 5 nitrogen and oxygen atoms in total. The van der Waals surface area contributed by atoms with E-state index in [1.54, 1.807) is 32.4 Å². The van der Waals surface area contributed by atoms with Crippen molar-refractivity contribution in [2.45, 2.75) is 20.3 Å². The Labute approximate surface area is 155 Å². The molecule has 140 valence electrons. The molecule has 0 atom stereocenters. The van der Waals surface area contributed by atoms with Crippen LogP contribution in [0.3, 0.4) is 0 Å². The van der Waals surface area contributed by atoms with Gasteiger partial charge in [-0.25, -0.2) is 0 Å². The summed E-state index contributed by atoms with van der Waals surface area (Å²) in [5, 5.41) is 2.93. The summed E-state index contributed by atoms with van der Waals surface area (Å²) in [4.78, 5) is 12.4. The molecule has 26 heavy (non-hydrogen) atoms. The van der Waals surface area contributed by atoms with Gasteiger partial charge in [-0.3, -0.25) is 4.79 Å². The van der Waals surface area contributed by atoms with Crippen LogP contribution in [0.25, 0.3) is 0 Å². The van der Waals surface area contributed by atoms with Crippen LogP contribution in [0.1, 0.15) is 29.8 Å². The number of rotatable bonds is 9. The van der Waals surface area contributed by atoms with E-state index < -0.39 is 0 Å². The molecule has 0 aromatic heterocycles. The van der Waals surface area contributed by atoms with Gasteiger partial charge in [0.05, 0.1) is 20.8 Å². The van der Waals surface area contributed by atoms with E-state index in [0.29, 0.717) is 42.6 Å². The third kappa shape index (κ3) is 5.41. The van der Waals surface area contributed by atoms with Crippen LogP contribution in [-0.4, -0.2) is 33.3 Å². The minimum absolute atomic E-state index is 0.145. The highest BCUT2D eigenvalue weighted by atomic mass is 16.5. The quantitative estimate of drug-likeness (QED) is 0.743. The minimum atomic E-state index is -0.145. The molecule has 0 aliphatic carbocycles. The Morgan fingerprint density at radius 1 is 1.00 bits per heavy atom. The van der Waals surface area contributed by atoms with Gasteiger partial charge in [-0.05, 0) is 42.2 Å². The Kier molecular flexibility index (Phi) is 7.33. The molecule has 2 aromatic rings. The second-order valence-electron chi connectivity index (χ2n) is 6.39. The van der Waals surface area contributed by atoms with Crippen molar-refractivity contribution in [1.82, 2.24) is 5.32 Å². The van der Waals surface area contributed by atoms with E-state index >= 15 is 0 Å². The number of para-hydroxylation sites is 1. The predicted octanol–water partition coefficient (Wildman–Crippen LogP) is 3.71. The molecule has 0 bridgehead atoms. The SMILES string of the molecule is COc1ccccc1CCNC(=O)c1ccc(OCC(C)C)c(OC)c1. The van der Waals surface area contributed by atoms with Gasteiger partial charge < -0.3 is 19.5 Å². The van der Waals surface area contributed by atoms with Gasteiger partial charge in [0.15, 0.2) is 11.5 Å². The summed E-state index contributed by atoms with van der Waals surface area (Å²) >= 11 is 0. The van der Waals surface area contributed by atoms with Gasteiger partial charge in [0.25, 0.3) is 5.91 Å². The van der Waals surface area contributed by atoms with Crippen LogP contribution in [0.15, 0.2) is 42.5 Å². The zero-order valence-electron chi connectivity index (χ0n) is 15.9. The van der Waals surface area contributed by atoms with Gasteiger partial charge in [-0.2, -0.15) is 0 Å². The Balaban J connectivity index is 1.96. The number of nitrogens with one attached hydrogen (secondary N) is 1. The average Bonchev–Trinajstić information content (AvgIpc) is 2.66. The van der Waals surface area contributed by atoms with E-state index in [-0.39, 0.29) is 5.91 Å². The molecule has 5 heteroatoms. The molecule has 0 unspecified atom stereocenters. The molecule has 2 rings (SSSR count). The molecule has 0 spiro atoms. The van der Waals surface area contributed by atoms with Crippen molar-refractivity contribution in [3.8, 4) is 17.2 Å². The summed E-state index contributed by atoms with van der Waals surface area (Å²) in [5.74, 6) is 2.30. The highest BCUT2D eigenvalue weighted by Gasteiger charge is 2.12. The van der Waals surface area contributed by atoms with Gasteiger partial charge in [0.1, 0.15) is 5.75 Å². The maximum atomic E-state index is 12.4. The number of carbonyl (C=O) groups is 1. The predicted molar refractivity (Wildman–Crippen MR) is 102 cm³/mol. The molecule has 0 aliphatic rings. The van der Waals surface area contributed by atoms with E-state index in [1.807, 2.05) is 24.3 Å². The van der Waals surface area contributed by atoms with Crippen molar-refractivity contribution in [1.29, 1.82) is 0 Å². The molecule has 0 aliphatic heterocycles. The number of hydrogen-bond donors (Lipinski definition) is 1. The maximum Gasteiger partial charge on any atom is 0.251 e. The van der Waals surface area contributed by atoms with Crippen LogP contribution in [0.2, 0.25) is 0 Å². The number of hydrogen-bond acceptors (Lipinski definition) is 4. The lowest BCUT2D eigenvalue weighted by Gasteiger charge is -2.14. The molecular formula is C21H27NO4. The van der Waals surface area contributed by atoms with Gasteiger partial charge in [-0.1, -0.05) is 32.0 Å². The zero-order chi connectivity index (χ0) is 18.9. The second kappa shape index (κ2) is 9.70. The fraction of sp³-hybridized carbons (Fsp3) is 0.381. The van der Waals surface area contributed by atoms with Crippen molar-refractivity contribution in [2.75, 3.05) is 27.4 Å². The number of carbonyl (C=O) groups excluding carboxylic acids is 1. The molecule has 0 saturated carbocycles. The Morgan fingerprint density at radius 3 is 2.42 bits per heavy atom. The summed E-state index contributed by atoms with van der Waals surface area (Å²) in [6, 6.07) is 13.0. The monoisotopic (exact) mass is 357 g/mol. The highest BCUT2D eigenvalue weighted by molar-refractivity contribution is 5.94. The number of amides is 1. The molecule has 0 radical (unpaired) electrons. The molecule has 0 heterocycles. The van der Waals surface area contributed by atoms with E-state index in [1.165, 1.54) is 0 Å². The van der Waals surface area contributed by atoms with Crippen molar-refractivity contribution >= 4 is 5.91 Å². The van der Waals surface area contributed by atoms with Crippen molar-refractivity contribution in [3.05, 3.63) is 53.6 Å². The van der Waals surface area contributed by atoms with E-state index in [0.717, 1.165) is 11.3 Å². The number of ether oxygens (including phenoxy) is 3. The molecule has 0 saturated heterocycles. The van der Waals surface area contributed by atoms with E-state index in [9.17, 15) is 4.79 Å². The van der Waals surface area contributed by atoms with Gasteiger partial charge in [0.2, 0.25) is 0 Å². The average molecular weight is 357 g/mol. The van der Waals surface area contributed by atoms with Crippen LogP contribution < -0.4 is 19.5 Å². The topological polar surface area (TPSA) is 56.8 Å².